The Morgan fingerprint density at radius 1 is 0.971 bits per heavy atom. The lowest BCUT2D eigenvalue weighted by Gasteiger charge is -2.25. The first-order valence-corrected chi connectivity index (χ1v) is 12.0. The van der Waals surface area contributed by atoms with Crippen molar-refractivity contribution in [1.82, 2.24) is 10.2 Å². The van der Waals surface area contributed by atoms with Crippen molar-refractivity contribution in [2.45, 2.75) is 31.8 Å². The number of methoxy groups -OCH3 is 2. The van der Waals surface area contributed by atoms with Crippen LogP contribution in [0.1, 0.15) is 35.2 Å². The third kappa shape index (κ3) is 5.60. The second kappa shape index (κ2) is 11.3. The Balaban J connectivity index is 1.58. The largest absolute Gasteiger partial charge is 0.496 e. The fourth-order valence-electron chi connectivity index (χ4n) is 4.46. The molecule has 1 aliphatic heterocycles. The molecule has 0 aliphatic carbocycles. The van der Waals surface area contributed by atoms with Gasteiger partial charge in [0.15, 0.2) is 0 Å². The minimum Gasteiger partial charge on any atom is -0.496 e. The van der Waals surface area contributed by atoms with E-state index >= 15 is 0 Å². The van der Waals surface area contributed by atoms with Crippen molar-refractivity contribution in [3.8, 4) is 22.6 Å². The van der Waals surface area contributed by atoms with Crippen LogP contribution in [0.2, 0.25) is 5.02 Å². The molecule has 0 aromatic heterocycles. The number of rotatable bonds is 7. The number of halogens is 1. The van der Waals surface area contributed by atoms with Gasteiger partial charge < -0.3 is 19.7 Å². The number of nitrogens with zero attached hydrogens (tertiary/aromatic N) is 1. The van der Waals surface area contributed by atoms with E-state index in [9.17, 15) is 9.59 Å². The van der Waals surface area contributed by atoms with Crippen molar-refractivity contribution in [2.24, 2.45) is 0 Å². The molecule has 4 rings (SSSR count). The maximum Gasteiger partial charge on any atom is 0.252 e. The van der Waals surface area contributed by atoms with Crippen molar-refractivity contribution >= 4 is 23.4 Å². The lowest BCUT2D eigenvalue weighted by atomic mass is 9.97. The summed E-state index contributed by atoms with van der Waals surface area (Å²) in [5.41, 5.74) is 2.83. The van der Waals surface area contributed by atoms with Crippen LogP contribution in [-0.4, -0.2) is 43.5 Å². The van der Waals surface area contributed by atoms with E-state index in [1.807, 2.05) is 65.6 Å². The van der Waals surface area contributed by atoms with Gasteiger partial charge in [-0.2, -0.15) is 0 Å². The Morgan fingerprint density at radius 3 is 2.34 bits per heavy atom. The standard InChI is InChI=1S/C28H29ClN2O4/c1-34-24-11-7-12-25(35-2)26(24)21-8-3-4-9-22(21)27(32)30-23-10-5-6-17-31(28(23)33)18-19-13-15-20(29)16-14-19/h3-4,7-9,11-16,23H,5-6,10,17-18H2,1-2H3,(H,30,32). The fraction of sp³-hybridized carbons (Fsp3) is 0.286. The number of amides is 2. The predicted octanol–water partition coefficient (Wildman–Crippen LogP) is 5.34. The SMILES string of the molecule is COc1cccc(OC)c1-c1ccccc1C(=O)NC1CCCCN(Cc2ccc(Cl)cc2)C1=O. The van der Waals surface area contributed by atoms with Crippen LogP contribution in [0.3, 0.4) is 0 Å². The highest BCUT2D eigenvalue weighted by Gasteiger charge is 2.29. The Morgan fingerprint density at radius 2 is 1.66 bits per heavy atom. The summed E-state index contributed by atoms with van der Waals surface area (Å²) in [5.74, 6) is 0.826. The number of hydrogen-bond acceptors (Lipinski definition) is 4. The molecule has 1 atom stereocenters. The van der Waals surface area contributed by atoms with E-state index in [4.69, 9.17) is 21.1 Å². The van der Waals surface area contributed by atoms with Gasteiger partial charge in [-0.05, 0) is 55.2 Å². The fourth-order valence-corrected chi connectivity index (χ4v) is 4.58. The summed E-state index contributed by atoms with van der Waals surface area (Å²) in [6, 6.07) is 19.7. The zero-order valence-electron chi connectivity index (χ0n) is 19.9. The number of benzene rings is 3. The molecule has 3 aromatic rings. The van der Waals surface area contributed by atoms with E-state index in [1.54, 1.807) is 20.3 Å². The van der Waals surface area contributed by atoms with Crippen molar-refractivity contribution in [2.75, 3.05) is 20.8 Å². The minimum absolute atomic E-state index is 0.0712. The highest BCUT2D eigenvalue weighted by atomic mass is 35.5. The molecule has 1 aliphatic rings. The monoisotopic (exact) mass is 492 g/mol. The average Bonchev–Trinajstić information content (AvgIpc) is 3.05. The molecule has 6 nitrogen and oxygen atoms in total. The van der Waals surface area contributed by atoms with E-state index in [1.165, 1.54) is 0 Å². The van der Waals surface area contributed by atoms with Crippen LogP contribution < -0.4 is 14.8 Å². The quantitative estimate of drug-likeness (QED) is 0.483. The van der Waals surface area contributed by atoms with Crippen molar-refractivity contribution < 1.29 is 19.1 Å². The predicted molar refractivity (Wildman–Crippen MR) is 137 cm³/mol. The maximum atomic E-state index is 13.5. The molecular weight excluding hydrogens is 464 g/mol. The van der Waals surface area contributed by atoms with Crippen LogP contribution in [0.25, 0.3) is 11.1 Å². The van der Waals surface area contributed by atoms with Crippen molar-refractivity contribution in [1.29, 1.82) is 0 Å². The Kier molecular flexibility index (Phi) is 7.93. The lowest BCUT2D eigenvalue weighted by Crippen LogP contribution is -2.47. The second-order valence-corrected chi connectivity index (χ2v) is 8.93. The van der Waals surface area contributed by atoms with Crippen LogP contribution in [-0.2, 0) is 11.3 Å². The van der Waals surface area contributed by atoms with Gasteiger partial charge in [0.1, 0.15) is 17.5 Å². The smallest absolute Gasteiger partial charge is 0.252 e. The molecule has 2 amide bonds. The molecule has 3 aromatic carbocycles. The zero-order chi connectivity index (χ0) is 24.8. The van der Waals surface area contributed by atoms with Crippen molar-refractivity contribution in [3.05, 3.63) is 82.9 Å². The van der Waals surface area contributed by atoms with E-state index in [0.717, 1.165) is 18.4 Å². The molecule has 182 valence electrons. The van der Waals surface area contributed by atoms with Gasteiger partial charge in [0.2, 0.25) is 5.91 Å². The normalized spacial score (nSPS) is 15.9. The van der Waals surface area contributed by atoms with Crippen LogP contribution in [0.4, 0.5) is 0 Å². The van der Waals surface area contributed by atoms with Gasteiger partial charge in [-0.1, -0.05) is 48.0 Å². The molecule has 0 saturated carbocycles. The summed E-state index contributed by atoms with van der Waals surface area (Å²) in [4.78, 5) is 28.7. The molecule has 1 saturated heterocycles. The number of carbonyl (C=O) groups is 2. The van der Waals surface area contributed by atoms with Gasteiger partial charge in [0, 0.05) is 29.2 Å². The number of hydrogen-bond donors (Lipinski definition) is 1. The molecule has 7 heteroatoms. The molecule has 1 unspecified atom stereocenters. The van der Waals surface area contributed by atoms with Gasteiger partial charge in [-0.25, -0.2) is 0 Å². The van der Waals surface area contributed by atoms with E-state index in [-0.39, 0.29) is 11.8 Å². The summed E-state index contributed by atoms with van der Waals surface area (Å²) in [7, 11) is 3.17. The first-order valence-electron chi connectivity index (χ1n) is 11.7. The topological polar surface area (TPSA) is 67.9 Å². The van der Waals surface area contributed by atoms with Crippen LogP contribution in [0, 0.1) is 0 Å². The first-order chi connectivity index (χ1) is 17.0. The van der Waals surface area contributed by atoms with Crippen LogP contribution in [0.15, 0.2) is 66.7 Å². The minimum atomic E-state index is -0.593. The summed E-state index contributed by atoms with van der Waals surface area (Å²) in [5, 5.41) is 3.66. The number of likely N-dealkylation sites (tertiary alicyclic amines) is 1. The van der Waals surface area contributed by atoms with Crippen molar-refractivity contribution in [3.63, 3.8) is 0 Å². The summed E-state index contributed by atoms with van der Waals surface area (Å²) >= 11 is 6.00. The van der Waals surface area contributed by atoms with Gasteiger partial charge in [-0.3, -0.25) is 9.59 Å². The molecule has 0 spiro atoms. The third-order valence-corrected chi connectivity index (χ3v) is 6.49. The Hall–Kier alpha value is -3.51. The third-order valence-electron chi connectivity index (χ3n) is 6.24. The number of nitrogens with one attached hydrogen (secondary N) is 1. The zero-order valence-corrected chi connectivity index (χ0v) is 20.7. The lowest BCUT2D eigenvalue weighted by molar-refractivity contribution is -0.133. The summed E-state index contributed by atoms with van der Waals surface area (Å²) < 4.78 is 11.1. The molecular formula is C28H29ClN2O4. The van der Waals surface area contributed by atoms with E-state index in [0.29, 0.717) is 52.7 Å². The molecule has 0 radical (unpaired) electrons. The highest BCUT2D eigenvalue weighted by Crippen LogP contribution is 2.39. The summed E-state index contributed by atoms with van der Waals surface area (Å²) in [6.07, 6.45) is 2.35. The molecule has 0 bridgehead atoms. The van der Waals surface area contributed by atoms with Crippen LogP contribution in [0.5, 0.6) is 11.5 Å². The Labute approximate surface area is 210 Å². The van der Waals surface area contributed by atoms with E-state index in [2.05, 4.69) is 5.32 Å². The number of carbonyl (C=O) groups excluding carboxylic acids is 2. The molecule has 1 fully saturated rings. The average molecular weight is 493 g/mol. The van der Waals surface area contributed by atoms with Gasteiger partial charge >= 0.3 is 0 Å². The first kappa shape index (κ1) is 24.6. The van der Waals surface area contributed by atoms with Gasteiger partial charge in [0.05, 0.1) is 19.8 Å². The maximum absolute atomic E-state index is 13.5. The Bertz CT molecular complexity index is 1170. The number of ether oxygens (including phenoxy) is 2. The van der Waals surface area contributed by atoms with Crippen LogP contribution >= 0.6 is 11.6 Å². The van der Waals surface area contributed by atoms with E-state index < -0.39 is 6.04 Å². The highest BCUT2D eigenvalue weighted by molar-refractivity contribution is 6.30. The summed E-state index contributed by atoms with van der Waals surface area (Å²) in [6.45, 7) is 1.14. The second-order valence-electron chi connectivity index (χ2n) is 8.49. The van der Waals surface area contributed by atoms with Gasteiger partial charge in [-0.15, -0.1) is 0 Å². The molecule has 35 heavy (non-hydrogen) atoms. The molecule has 1 N–H and O–H groups in total. The molecule has 1 heterocycles. The van der Waals surface area contributed by atoms with Gasteiger partial charge in [0.25, 0.3) is 5.91 Å².